The molecule has 6 nitrogen and oxygen atoms in total. The second-order valence-electron chi connectivity index (χ2n) is 12.8. The van der Waals surface area contributed by atoms with E-state index < -0.39 is 41.7 Å². The van der Waals surface area contributed by atoms with Gasteiger partial charge in [0.05, 0.1) is 23.3 Å². The van der Waals surface area contributed by atoms with Gasteiger partial charge in [0.1, 0.15) is 6.10 Å². The van der Waals surface area contributed by atoms with Crippen LogP contribution in [0.15, 0.2) is 53.3 Å². The molecular weight excluding hydrogens is 590 g/mol. The smallest absolute Gasteiger partial charge is 0.416 e. The fraction of sp³-hybridized carbons (Fsp3) is 0.562. The molecule has 12 heteroatoms. The van der Waals surface area contributed by atoms with E-state index in [-0.39, 0.29) is 47.4 Å². The first kappa shape index (κ1) is 33.6. The Bertz CT molecular complexity index is 1340. The van der Waals surface area contributed by atoms with E-state index in [1.54, 1.807) is 34.0 Å². The molecule has 2 amide bonds. The summed E-state index contributed by atoms with van der Waals surface area (Å²) in [6.45, 7) is 9.40. The van der Waals surface area contributed by atoms with Crippen molar-refractivity contribution in [2.24, 2.45) is 17.3 Å². The zero-order chi connectivity index (χ0) is 32.8. The van der Waals surface area contributed by atoms with Gasteiger partial charge in [-0.1, -0.05) is 51.0 Å². The van der Waals surface area contributed by atoms with Gasteiger partial charge < -0.3 is 14.8 Å². The highest BCUT2D eigenvalue weighted by atomic mass is 19.4. The fourth-order valence-electron chi connectivity index (χ4n) is 6.05. The van der Waals surface area contributed by atoms with E-state index in [1.165, 1.54) is 4.90 Å². The number of nitrogens with one attached hydrogen (secondary N) is 1. The van der Waals surface area contributed by atoms with Crippen LogP contribution in [-0.4, -0.2) is 42.7 Å². The second kappa shape index (κ2) is 12.3. The summed E-state index contributed by atoms with van der Waals surface area (Å²) in [4.78, 5) is 26.9. The van der Waals surface area contributed by atoms with E-state index in [1.807, 2.05) is 12.2 Å². The Balaban J connectivity index is 1.70. The maximum Gasteiger partial charge on any atom is 0.416 e. The highest BCUT2D eigenvalue weighted by Crippen LogP contribution is 2.46. The summed E-state index contributed by atoms with van der Waals surface area (Å²) in [5, 5.41) is 2.92. The molecule has 2 aliphatic carbocycles. The number of nitrogens with zero attached hydrogens (tertiary/aromatic N) is 1. The van der Waals surface area contributed by atoms with E-state index in [0.717, 1.165) is 17.6 Å². The number of hydrogen-bond acceptors (Lipinski definition) is 4. The van der Waals surface area contributed by atoms with Crippen LogP contribution in [0.1, 0.15) is 76.7 Å². The normalized spacial score (nSPS) is 25.8. The number of alkyl halides is 6. The number of ether oxygens (including phenoxy) is 2. The summed E-state index contributed by atoms with van der Waals surface area (Å²) in [6, 6.07) is 0.417. The summed E-state index contributed by atoms with van der Waals surface area (Å²) in [5.41, 5.74) is -0.884. The molecule has 1 aromatic carbocycles. The number of benzene rings is 1. The van der Waals surface area contributed by atoms with Gasteiger partial charge in [0.25, 0.3) is 0 Å². The van der Waals surface area contributed by atoms with Crippen LogP contribution < -0.4 is 5.32 Å². The maximum atomic E-state index is 13.5. The molecule has 2 unspecified atom stereocenters. The van der Waals surface area contributed by atoms with Crippen molar-refractivity contribution in [2.45, 2.75) is 84.5 Å². The molecule has 3 aliphatic rings. The van der Waals surface area contributed by atoms with Crippen molar-refractivity contribution in [1.82, 2.24) is 10.2 Å². The first-order valence-electron chi connectivity index (χ1n) is 14.5. The van der Waals surface area contributed by atoms with Crippen molar-refractivity contribution in [3.8, 4) is 0 Å². The van der Waals surface area contributed by atoms with Gasteiger partial charge in [-0.3, -0.25) is 9.69 Å². The average Bonchev–Trinajstić information content (AvgIpc) is 3.20. The van der Waals surface area contributed by atoms with Gasteiger partial charge in [-0.05, 0) is 61.4 Å². The molecule has 1 heterocycles. The van der Waals surface area contributed by atoms with Crippen LogP contribution in [0.2, 0.25) is 0 Å². The first-order chi connectivity index (χ1) is 20.3. The number of hydrogen-bond donors (Lipinski definition) is 1. The van der Waals surface area contributed by atoms with Gasteiger partial charge in [0.15, 0.2) is 0 Å². The number of carbonyl (C=O) groups is 2. The Morgan fingerprint density at radius 1 is 1.11 bits per heavy atom. The highest BCUT2D eigenvalue weighted by Gasteiger charge is 2.44. The number of halogens is 6. The predicted molar refractivity (Wildman–Crippen MR) is 151 cm³/mol. The molecule has 0 bridgehead atoms. The van der Waals surface area contributed by atoms with Gasteiger partial charge in [-0.15, -0.1) is 0 Å². The molecule has 4 rings (SSSR count). The molecule has 0 spiro atoms. The van der Waals surface area contributed by atoms with Crippen molar-refractivity contribution < 1.29 is 45.4 Å². The lowest BCUT2D eigenvalue weighted by Crippen LogP contribution is -2.38. The van der Waals surface area contributed by atoms with E-state index >= 15 is 0 Å². The quantitative estimate of drug-likeness (QED) is 0.246. The topological polar surface area (TPSA) is 67.9 Å². The van der Waals surface area contributed by atoms with Crippen LogP contribution in [0.25, 0.3) is 0 Å². The summed E-state index contributed by atoms with van der Waals surface area (Å²) >= 11 is 0. The SMILES string of the molecule is COC1C=CC(NC(=O)C(C)C)=CC1C1=C(CN2C(=O)O[C@H](c3cc(C(F)(F)F)cc(C(F)(F)F)c3)[C@@H]2C)CC(C)(C)CC1. The molecular formula is C32H38F6N2O4. The maximum absolute atomic E-state index is 13.5. The van der Waals surface area contributed by atoms with Crippen LogP contribution in [0.4, 0.5) is 31.1 Å². The molecule has 1 fully saturated rings. The Hall–Kier alpha value is -3.28. The molecule has 44 heavy (non-hydrogen) atoms. The summed E-state index contributed by atoms with van der Waals surface area (Å²) in [7, 11) is 1.58. The van der Waals surface area contributed by atoms with E-state index in [9.17, 15) is 35.9 Å². The first-order valence-corrected chi connectivity index (χ1v) is 14.5. The molecule has 4 atom stereocenters. The number of carbonyl (C=O) groups excluding carboxylic acids is 2. The third-order valence-corrected chi connectivity index (χ3v) is 8.55. The molecule has 242 valence electrons. The third kappa shape index (κ3) is 7.33. The molecule has 0 aromatic heterocycles. The molecule has 0 saturated carbocycles. The standard InChI is InChI=1S/C32H38F6N2O4/c1-17(2)28(41)39-23-7-8-26(43-6)25(14-23)24-9-10-30(4,5)15-20(24)16-40-18(3)27(44-29(40)42)19-11-21(31(33,34)35)13-22(12-19)32(36,37)38/h7-8,11-14,17-18,25-27H,9-10,15-16H2,1-6H3,(H,39,41)/t18-,25?,26?,27-/m0/s1. The number of methoxy groups -OCH3 is 1. The van der Waals surface area contributed by atoms with Crippen molar-refractivity contribution >= 4 is 12.0 Å². The highest BCUT2D eigenvalue weighted by molar-refractivity contribution is 5.80. The second-order valence-corrected chi connectivity index (χ2v) is 12.8. The molecule has 1 saturated heterocycles. The lowest BCUT2D eigenvalue weighted by Gasteiger charge is -2.39. The number of allylic oxidation sites excluding steroid dienone is 1. The summed E-state index contributed by atoms with van der Waals surface area (Å²) in [6.07, 6.45) is -4.87. The Morgan fingerprint density at radius 2 is 1.73 bits per heavy atom. The van der Waals surface area contributed by atoms with Gasteiger partial charge in [0, 0.05) is 31.2 Å². The van der Waals surface area contributed by atoms with E-state index in [0.29, 0.717) is 30.7 Å². The zero-order valence-electron chi connectivity index (χ0n) is 25.5. The molecule has 1 N–H and O–H groups in total. The molecule has 1 aliphatic heterocycles. The number of amides is 2. The van der Waals surface area contributed by atoms with Gasteiger partial charge in [-0.2, -0.15) is 26.3 Å². The van der Waals surface area contributed by atoms with E-state index in [4.69, 9.17) is 9.47 Å². The summed E-state index contributed by atoms with van der Waals surface area (Å²) in [5.74, 6) is -0.633. The van der Waals surface area contributed by atoms with Gasteiger partial charge in [-0.25, -0.2) is 4.79 Å². The monoisotopic (exact) mass is 628 g/mol. The van der Waals surface area contributed by atoms with Crippen LogP contribution in [0.3, 0.4) is 0 Å². The third-order valence-electron chi connectivity index (χ3n) is 8.55. The summed E-state index contributed by atoms with van der Waals surface area (Å²) < 4.78 is 92.4. The van der Waals surface area contributed by atoms with Crippen molar-refractivity contribution in [3.63, 3.8) is 0 Å². The number of rotatable bonds is 7. The average molecular weight is 629 g/mol. The minimum atomic E-state index is -5.03. The zero-order valence-corrected chi connectivity index (χ0v) is 25.5. The van der Waals surface area contributed by atoms with Crippen molar-refractivity contribution in [1.29, 1.82) is 0 Å². The Labute approximate surface area is 253 Å². The lowest BCUT2D eigenvalue weighted by molar-refractivity contribution is -0.143. The van der Waals surface area contributed by atoms with E-state index in [2.05, 4.69) is 19.2 Å². The van der Waals surface area contributed by atoms with Crippen molar-refractivity contribution in [2.75, 3.05) is 13.7 Å². The minimum Gasteiger partial charge on any atom is -0.439 e. The van der Waals surface area contributed by atoms with Crippen LogP contribution in [-0.2, 0) is 26.6 Å². The number of cyclic esters (lactones) is 1. The largest absolute Gasteiger partial charge is 0.439 e. The van der Waals surface area contributed by atoms with Crippen LogP contribution >= 0.6 is 0 Å². The van der Waals surface area contributed by atoms with Gasteiger partial charge in [0.2, 0.25) is 5.91 Å². The Morgan fingerprint density at radius 3 is 2.27 bits per heavy atom. The van der Waals surface area contributed by atoms with Crippen molar-refractivity contribution in [3.05, 3.63) is 70.0 Å². The minimum absolute atomic E-state index is 0.0557. The van der Waals surface area contributed by atoms with Crippen LogP contribution in [0, 0.1) is 17.3 Å². The molecule has 0 radical (unpaired) electrons. The predicted octanol–water partition coefficient (Wildman–Crippen LogP) is 7.97. The fourth-order valence-corrected chi connectivity index (χ4v) is 6.05. The molecule has 1 aromatic rings. The van der Waals surface area contributed by atoms with Crippen LogP contribution in [0.5, 0.6) is 0 Å². The van der Waals surface area contributed by atoms with Gasteiger partial charge >= 0.3 is 18.4 Å². The Kier molecular flexibility index (Phi) is 9.36. The lowest BCUT2D eigenvalue weighted by atomic mass is 9.70.